The van der Waals surface area contributed by atoms with Crippen molar-refractivity contribution in [1.82, 2.24) is 40.0 Å². The number of rotatable bonds is 1. The number of hydrogen-bond acceptors (Lipinski definition) is 12. The summed E-state index contributed by atoms with van der Waals surface area (Å²) in [5.74, 6) is 1.15. The number of nitrogens with zero attached hydrogens (tertiary/aromatic N) is 11. The number of fused-ring (bicyclic) bond motifs is 2. The fraction of sp³-hybridized carbons (Fsp3) is 0.392. The minimum Gasteiger partial charge on any atom is -0.508 e. The second-order valence-electron chi connectivity index (χ2n) is 19.3. The Balaban J connectivity index is -0.000000175. The predicted octanol–water partition coefficient (Wildman–Crippen LogP) is 23.2. The van der Waals surface area contributed by atoms with Gasteiger partial charge < -0.3 is 15.0 Å². The van der Waals surface area contributed by atoms with Crippen molar-refractivity contribution < 1.29 is 5.11 Å². The van der Waals surface area contributed by atoms with Gasteiger partial charge in [-0.15, -0.1) is 5.10 Å². The van der Waals surface area contributed by atoms with Gasteiger partial charge in [0.1, 0.15) is 18.1 Å². The van der Waals surface area contributed by atoms with E-state index in [1.54, 1.807) is 49.2 Å². The molecule has 0 unspecified atom stereocenters. The van der Waals surface area contributed by atoms with E-state index >= 15 is 0 Å². The molecule has 0 spiro atoms. The van der Waals surface area contributed by atoms with E-state index in [-0.39, 0.29) is 52.0 Å². The summed E-state index contributed by atoms with van der Waals surface area (Å²) in [5.41, 5.74) is 14.8. The lowest BCUT2D eigenvalue weighted by molar-refractivity contribution is 0.277. The van der Waals surface area contributed by atoms with Crippen molar-refractivity contribution in [2.75, 3.05) is 26.7 Å². The Morgan fingerprint density at radius 1 is 0.495 bits per heavy atom. The van der Waals surface area contributed by atoms with E-state index in [1.165, 1.54) is 98.7 Å². The van der Waals surface area contributed by atoms with Gasteiger partial charge in [0, 0.05) is 97.3 Å². The van der Waals surface area contributed by atoms with Crippen LogP contribution >= 0.6 is 0 Å². The molecule has 9 heterocycles. The van der Waals surface area contributed by atoms with Gasteiger partial charge in [-0.2, -0.15) is 10.2 Å². The molecule has 0 aliphatic carbocycles. The van der Waals surface area contributed by atoms with Gasteiger partial charge >= 0.3 is 0 Å². The lowest BCUT2D eigenvalue weighted by Gasteiger charge is -2.20. The van der Waals surface area contributed by atoms with Crippen LogP contribution in [0.2, 0.25) is 0 Å². The van der Waals surface area contributed by atoms with E-state index in [4.69, 9.17) is 5.11 Å². The molecule has 0 amide bonds. The Kier molecular flexibility index (Phi) is 66.5. The number of allylic oxidation sites excluding steroid dienone is 2. The van der Waals surface area contributed by atoms with Crippen LogP contribution < -0.4 is 0 Å². The highest BCUT2D eigenvalue weighted by molar-refractivity contribution is 5.85. The normalized spacial score (nSPS) is 11.4. The minimum atomic E-state index is 0. The second kappa shape index (κ2) is 63.3. The van der Waals surface area contributed by atoms with Gasteiger partial charge in [0.15, 0.2) is 0 Å². The Hall–Kier alpha value is -8.88. The summed E-state index contributed by atoms with van der Waals surface area (Å²) in [6.07, 6.45) is 28.5. The number of piperidine rings is 1. The van der Waals surface area contributed by atoms with E-state index in [2.05, 4.69) is 161 Å². The first-order chi connectivity index (χ1) is 41.7. The zero-order valence-corrected chi connectivity index (χ0v) is 54.5. The third kappa shape index (κ3) is 47.7. The highest BCUT2D eigenvalue weighted by Gasteiger charge is 2.03. The van der Waals surface area contributed by atoms with E-state index in [9.17, 15) is 0 Å². The van der Waals surface area contributed by atoms with E-state index < -0.39 is 0 Å². The van der Waals surface area contributed by atoms with Crippen LogP contribution in [0.4, 0.5) is 0 Å². The maximum Gasteiger partial charge on any atom is 0.125 e. The average molecular weight is 1270 g/mol. The smallest absolute Gasteiger partial charge is 0.125 e. The van der Waals surface area contributed by atoms with Crippen LogP contribution in [-0.4, -0.2) is 89.9 Å². The Morgan fingerprint density at radius 2 is 1.05 bits per heavy atom. The second-order valence-corrected chi connectivity index (χ2v) is 19.3. The summed E-state index contributed by atoms with van der Waals surface area (Å²) < 4.78 is 0. The maximum absolute atomic E-state index is 8.76. The molecule has 4 aliphatic heterocycles. The van der Waals surface area contributed by atoms with E-state index in [0.29, 0.717) is 12.3 Å². The van der Waals surface area contributed by atoms with Gasteiger partial charge in [-0.3, -0.25) is 25.1 Å². The number of phenols is 1. The molecule has 5 aromatic heterocycles. The van der Waals surface area contributed by atoms with Crippen molar-refractivity contribution in [2.24, 2.45) is 25.4 Å². The molecule has 14 nitrogen and oxygen atoms in total. The Bertz CT molecular complexity index is 3130. The largest absolute Gasteiger partial charge is 0.508 e. The standard InChI is InChI=1S/C11H11N.C9H9N.C8H8N2.C7H8O.2C6H7N.C6H13N.C5H6N2.C5H7N.C3H5N3.3C2H6.7CH4/c1-9-2-4-10(5-3-9)11-6-7-12-8-11;1-7-6-10-9-5-3-2-4-8(7)9;1-6-2-3-7-5-9-10-8(7)4-6;1-6-2-4-7(8)5-3-6;1-6-2-4-7-5-3-6;1-6-3-2-4-7-5-6;1-7-5-3-2-4-6-7;1-5-6-3-2-4-7-5;1-5-2-3-6-4-5;1-3-2-4-6-5-3;3*1-2;;;;;;;/h2-5,7-8H,6H2,1H3;2-6,10H,1H3;2-5H,1H3,(H,9,10);2-5,8H,1H3;2*2-5H,1H3;2-6H2,1H3;2-4H,1H3;3-4H,2H2,1H3;2H2,1H3;3*1-2H3;7*1H4. The van der Waals surface area contributed by atoms with Gasteiger partial charge in [-0.05, 0) is 188 Å². The molecule has 9 aromatic rings. The number of pyridine rings is 2. The zero-order chi connectivity index (χ0) is 63.6. The van der Waals surface area contributed by atoms with Crippen molar-refractivity contribution in [3.63, 3.8) is 0 Å². The number of aromatic hydroxyl groups is 1. The summed E-state index contributed by atoms with van der Waals surface area (Å²) in [4.78, 5) is 29.0. The summed E-state index contributed by atoms with van der Waals surface area (Å²) in [6, 6.07) is 39.9. The summed E-state index contributed by atoms with van der Waals surface area (Å²) in [5, 5.41) is 28.7. The fourth-order valence-electron chi connectivity index (χ4n) is 7.12. The molecule has 4 aliphatic rings. The number of likely N-dealkylation sites (tertiary alicyclic amines) is 1. The molecule has 0 bridgehead atoms. The van der Waals surface area contributed by atoms with Crippen molar-refractivity contribution in [1.29, 1.82) is 0 Å². The molecule has 14 heteroatoms. The van der Waals surface area contributed by atoms with Crippen molar-refractivity contribution in [2.45, 2.75) is 188 Å². The molecular formula is C79H127N13O. The van der Waals surface area contributed by atoms with Crippen LogP contribution in [-0.2, 0) is 0 Å². The van der Waals surface area contributed by atoms with Crippen LogP contribution in [0.15, 0.2) is 214 Å². The number of nitrogens with one attached hydrogen (secondary N) is 2. The molecule has 13 rings (SSSR count). The SMILES string of the molecule is C.C.C.C.C.C.C.CC.CC.CC.CC1=CN=CC1.CC1=NN=NC1.CN1CCCCC1.Cc1c[nH]c2ccccc12.Cc1ccc(C2=CN=CC2)cc1.Cc1ccc(O)cc1.Cc1ccc2cn[nH]c2c1.Cc1cccnc1.Cc1ccncc1.Cc1ncccn1. The molecule has 1 saturated heterocycles. The third-order valence-electron chi connectivity index (χ3n) is 11.8. The Morgan fingerprint density at radius 3 is 1.44 bits per heavy atom. The number of para-hydroxylation sites is 1. The maximum atomic E-state index is 8.76. The van der Waals surface area contributed by atoms with Crippen LogP contribution in [0, 0.1) is 48.5 Å². The zero-order valence-electron chi connectivity index (χ0n) is 54.5. The van der Waals surface area contributed by atoms with Gasteiger partial charge in [0.25, 0.3) is 0 Å². The van der Waals surface area contributed by atoms with Gasteiger partial charge in [-0.25, -0.2) is 9.97 Å². The van der Waals surface area contributed by atoms with Crippen LogP contribution in [0.25, 0.3) is 27.4 Å². The number of phenolic OH excluding ortho intramolecular Hbond substituents is 1. The van der Waals surface area contributed by atoms with Gasteiger partial charge in [0.05, 0.1) is 17.4 Å². The van der Waals surface area contributed by atoms with Crippen LogP contribution in [0.5, 0.6) is 5.75 Å². The van der Waals surface area contributed by atoms with Crippen molar-refractivity contribution in [3.05, 3.63) is 234 Å². The average Bonchev–Trinajstić information content (AvgIpc) is 1.79. The molecule has 0 saturated carbocycles. The minimum absolute atomic E-state index is 0. The number of aryl methyl sites for hydroxylation is 7. The molecular weight excluding hydrogens is 1150 g/mol. The number of H-pyrrole nitrogens is 2. The number of benzene rings is 4. The first kappa shape index (κ1) is 97.7. The Labute approximate surface area is 567 Å². The lowest BCUT2D eigenvalue weighted by atomic mass is 10.0. The first-order valence-electron chi connectivity index (χ1n) is 29.9. The van der Waals surface area contributed by atoms with Gasteiger partial charge in [-0.1, -0.05) is 184 Å². The molecule has 93 heavy (non-hydrogen) atoms. The summed E-state index contributed by atoms with van der Waals surface area (Å²) >= 11 is 0. The van der Waals surface area contributed by atoms with Crippen LogP contribution in [0.3, 0.4) is 0 Å². The lowest BCUT2D eigenvalue weighted by Crippen LogP contribution is -2.24. The first-order valence-corrected chi connectivity index (χ1v) is 29.9. The third-order valence-corrected chi connectivity index (χ3v) is 11.8. The van der Waals surface area contributed by atoms with Gasteiger partial charge in [0.2, 0.25) is 0 Å². The van der Waals surface area contributed by atoms with Crippen molar-refractivity contribution >= 4 is 45.5 Å². The number of aliphatic imine (C=N–C) groups is 2. The monoisotopic (exact) mass is 1270 g/mol. The summed E-state index contributed by atoms with van der Waals surface area (Å²) in [7, 11) is 2.19. The van der Waals surface area contributed by atoms with Crippen LogP contribution in [0.1, 0.15) is 184 Å². The number of aromatic nitrogens is 7. The molecule has 0 atom stereocenters. The molecule has 1 fully saturated rings. The molecule has 4 aromatic carbocycles. The fourth-order valence-corrected chi connectivity index (χ4v) is 7.12. The molecule has 0 radical (unpaired) electrons. The topological polar surface area (TPSA) is 181 Å². The molecule has 514 valence electrons. The quantitative estimate of drug-likeness (QED) is 0.146. The van der Waals surface area contributed by atoms with E-state index in [0.717, 1.165) is 29.9 Å². The van der Waals surface area contributed by atoms with E-state index in [1.807, 2.05) is 162 Å². The highest BCUT2D eigenvalue weighted by atomic mass is 16.3. The highest BCUT2D eigenvalue weighted by Crippen LogP contribution is 2.21. The molecule has 3 N–H and O–H groups in total. The number of hydrogen-bond donors (Lipinski definition) is 3. The predicted molar refractivity (Wildman–Crippen MR) is 416 cm³/mol. The summed E-state index contributed by atoms with van der Waals surface area (Å²) in [6.45, 7) is 33.5. The number of aromatic amines is 2. The van der Waals surface area contributed by atoms with Crippen molar-refractivity contribution in [3.8, 4) is 5.75 Å².